The van der Waals surface area contributed by atoms with Crippen LogP contribution < -0.4 is 16.0 Å². The molecule has 0 atom stereocenters. The molecule has 0 heterocycles. The molecule has 8 heteroatoms. The second-order valence-corrected chi connectivity index (χ2v) is 5.91. The van der Waals surface area contributed by atoms with E-state index in [2.05, 4.69) is 16.0 Å². The number of carbonyl (C=O) groups is 2. The highest BCUT2D eigenvalue weighted by Gasteiger charge is 2.17. The summed E-state index contributed by atoms with van der Waals surface area (Å²) in [6.45, 7) is 3.59. The van der Waals surface area contributed by atoms with Crippen LogP contribution in [-0.4, -0.2) is 23.8 Å². The Morgan fingerprint density at radius 1 is 1.00 bits per heavy atom. The van der Waals surface area contributed by atoms with E-state index in [4.69, 9.17) is 0 Å². The third-order valence-electron chi connectivity index (χ3n) is 3.66. The highest BCUT2D eigenvalue weighted by molar-refractivity contribution is 6.05. The molecule has 0 saturated carbocycles. The van der Waals surface area contributed by atoms with Crippen molar-refractivity contribution in [1.29, 1.82) is 0 Å². The first-order valence-electron chi connectivity index (χ1n) is 8.00. The molecule has 3 N–H and O–H groups in total. The molecule has 136 valence electrons. The van der Waals surface area contributed by atoms with Gasteiger partial charge in [-0.2, -0.15) is 0 Å². The van der Waals surface area contributed by atoms with Gasteiger partial charge in [-0.15, -0.1) is 0 Å². The van der Waals surface area contributed by atoms with E-state index < -0.39 is 10.8 Å². The molecular weight excluding hydrogens is 336 g/mol. The van der Waals surface area contributed by atoms with Crippen molar-refractivity contribution < 1.29 is 14.5 Å². The Hall–Kier alpha value is -3.42. The van der Waals surface area contributed by atoms with E-state index in [1.165, 1.54) is 18.2 Å². The number of benzene rings is 2. The van der Waals surface area contributed by atoms with E-state index in [9.17, 15) is 19.7 Å². The van der Waals surface area contributed by atoms with Gasteiger partial charge in [-0.05, 0) is 36.4 Å². The van der Waals surface area contributed by atoms with Crippen LogP contribution in [0.1, 0.15) is 24.2 Å². The fourth-order valence-electron chi connectivity index (χ4n) is 2.16. The molecule has 2 aromatic rings. The number of carbonyl (C=O) groups excluding carboxylic acids is 2. The largest absolute Gasteiger partial charge is 0.383 e. The Morgan fingerprint density at radius 2 is 1.58 bits per heavy atom. The fourth-order valence-corrected chi connectivity index (χ4v) is 2.16. The van der Waals surface area contributed by atoms with Crippen LogP contribution >= 0.6 is 0 Å². The van der Waals surface area contributed by atoms with E-state index in [1.54, 1.807) is 45.2 Å². The predicted molar refractivity (Wildman–Crippen MR) is 101 cm³/mol. The standard InChI is InChI=1S/C18H20N4O4/c1-11(2)17(23)20-13-5-7-14(8-6-13)21-18(24)12-4-9-15(19-3)16(10-12)22(25)26/h4-11,19H,1-3H3,(H,20,23)(H,21,24). The summed E-state index contributed by atoms with van der Waals surface area (Å²) in [5.41, 5.74) is 1.46. The van der Waals surface area contributed by atoms with Crippen LogP contribution in [0.25, 0.3) is 0 Å². The van der Waals surface area contributed by atoms with Crippen LogP contribution in [0.15, 0.2) is 42.5 Å². The van der Waals surface area contributed by atoms with Crippen molar-refractivity contribution in [3.8, 4) is 0 Å². The monoisotopic (exact) mass is 356 g/mol. The van der Waals surface area contributed by atoms with Crippen LogP contribution in [0.2, 0.25) is 0 Å². The number of anilines is 3. The highest BCUT2D eigenvalue weighted by atomic mass is 16.6. The van der Waals surface area contributed by atoms with Gasteiger partial charge in [0, 0.05) is 36.0 Å². The van der Waals surface area contributed by atoms with Gasteiger partial charge in [-0.3, -0.25) is 19.7 Å². The zero-order chi connectivity index (χ0) is 19.3. The van der Waals surface area contributed by atoms with Gasteiger partial charge < -0.3 is 16.0 Å². The van der Waals surface area contributed by atoms with E-state index in [-0.39, 0.29) is 23.1 Å². The summed E-state index contributed by atoms with van der Waals surface area (Å²) >= 11 is 0. The second kappa shape index (κ2) is 8.11. The summed E-state index contributed by atoms with van der Waals surface area (Å²) in [7, 11) is 1.57. The summed E-state index contributed by atoms with van der Waals surface area (Å²) in [6.07, 6.45) is 0. The van der Waals surface area contributed by atoms with Crippen molar-refractivity contribution in [2.75, 3.05) is 23.0 Å². The van der Waals surface area contributed by atoms with Crippen LogP contribution in [0.3, 0.4) is 0 Å². The minimum absolute atomic E-state index is 0.0984. The zero-order valence-electron chi connectivity index (χ0n) is 14.7. The lowest BCUT2D eigenvalue weighted by Crippen LogP contribution is -2.17. The number of nitrogens with one attached hydrogen (secondary N) is 3. The molecule has 26 heavy (non-hydrogen) atoms. The van der Waals surface area contributed by atoms with Crippen molar-refractivity contribution >= 4 is 34.6 Å². The Labute approximate surface area is 150 Å². The van der Waals surface area contributed by atoms with E-state index in [1.807, 2.05) is 0 Å². The van der Waals surface area contributed by atoms with Gasteiger partial charge >= 0.3 is 0 Å². The molecule has 0 aliphatic heterocycles. The van der Waals surface area contributed by atoms with Gasteiger partial charge in [0.25, 0.3) is 11.6 Å². The van der Waals surface area contributed by atoms with Crippen molar-refractivity contribution in [3.05, 3.63) is 58.1 Å². The van der Waals surface area contributed by atoms with Crippen molar-refractivity contribution in [3.63, 3.8) is 0 Å². The van der Waals surface area contributed by atoms with Gasteiger partial charge in [0.15, 0.2) is 0 Å². The van der Waals surface area contributed by atoms with Gasteiger partial charge in [0.1, 0.15) is 5.69 Å². The Bertz CT molecular complexity index is 832. The molecule has 2 amide bonds. The zero-order valence-corrected chi connectivity index (χ0v) is 14.7. The molecule has 0 aliphatic rings. The Morgan fingerprint density at radius 3 is 2.08 bits per heavy atom. The third-order valence-corrected chi connectivity index (χ3v) is 3.66. The third kappa shape index (κ3) is 4.56. The number of nitro benzene ring substituents is 1. The number of hydrogen-bond acceptors (Lipinski definition) is 5. The average molecular weight is 356 g/mol. The topological polar surface area (TPSA) is 113 Å². The summed E-state index contributed by atoms with van der Waals surface area (Å²) in [5.74, 6) is -0.695. The first-order chi connectivity index (χ1) is 12.3. The first-order valence-corrected chi connectivity index (χ1v) is 8.00. The van der Waals surface area contributed by atoms with Crippen LogP contribution in [-0.2, 0) is 4.79 Å². The number of nitrogens with zero attached hydrogens (tertiary/aromatic N) is 1. The lowest BCUT2D eigenvalue weighted by atomic mass is 10.1. The fraction of sp³-hybridized carbons (Fsp3) is 0.222. The van der Waals surface area contributed by atoms with Crippen molar-refractivity contribution in [2.45, 2.75) is 13.8 Å². The van der Waals surface area contributed by atoms with Gasteiger partial charge in [0.05, 0.1) is 4.92 Å². The van der Waals surface area contributed by atoms with Crippen LogP contribution in [0.4, 0.5) is 22.7 Å². The predicted octanol–water partition coefficient (Wildman–Crippen LogP) is 3.48. The highest BCUT2D eigenvalue weighted by Crippen LogP contribution is 2.25. The Balaban J connectivity index is 2.11. The number of amides is 2. The maximum atomic E-state index is 12.3. The molecule has 0 aromatic heterocycles. The summed E-state index contributed by atoms with van der Waals surface area (Å²) in [4.78, 5) is 34.5. The summed E-state index contributed by atoms with van der Waals surface area (Å²) < 4.78 is 0. The van der Waals surface area contributed by atoms with Crippen molar-refractivity contribution in [2.24, 2.45) is 5.92 Å². The molecular formula is C18H20N4O4. The smallest absolute Gasteiger partial charge is 0.293 e. The Kier molecular flexibility index (Phi) is 5.90. The maximum Gasteiger partial charge on any atom is 0.293 e. The normalized spacial score (nSPS) is 10.3. The average Bonchev–Trinajstić information content (AvgIpc) is 2.62. The van der Waals surface area contributed by atoms with Gasteiger partial charge in [-0.1, -0.05) is 13.8 Å². The summed E-state index contributed by atoms with van der Waals surface area (Å²) in [6, 6.07) is 10.8. The minimum Gasteiger partial charge on any atom is -0.383 e. The maximum absolute atomic E-state index is 12.3. The van der Waals surface area contributed by atoms with Gasteiger partial charge in [0.2, 0.25) is 5.91 Å². The van der Waals surface area contributed by atoms with Crippen LogP contribution in [0, 0.1) is 16.0 Å². The lowest BCUT2D eigenvalue weighted by molar-refractivity contribution is -0.384. The molecule has 0 aliphatic carbocycles. The first kappa shape index (κ1) is 18.9. The number of nitro groups is 1. The van der Waals surface area contributed by atoms with Crippen molar-refractivity contribution in [1.82, 2.24) is 0 Å². The second-order valence-electron chi connectivity index (χ2n) is 5.91. The van der Waals surface area contributed by atoms with Gasteiger partial charge in [-0.25, -0.2) is 0 Å². The van der Waals surface area contributed by atoms with E-state index in [0.717, 1.165) is 0 Å². The molecule has 8 nitrogen and oxygen atoms in total. The SMILES string of the molecule is CNc1ccc(C(=O)Nc2ccc(NC(=O)C(C)C)cc2)cc1[N+](=O)[O-]. The lowest BCUT2D eigenvalue weighted by Gasteiger charge is -2.10. The number of hydrogen-bond donors (Lipinski definition) is 3. The quantitative estimate of drug-likeness (QED) is 0.542. The summed E-state index contributed by atoms with van der Waals surface area (Å²) in [5, 5.41) is 19.2. The molecule has 0 saturated heterocycles. The molecule has 2 aromatic carbocycles. The molecule has 0 bridgehead atoms. The minimum atomic E-state index is -0.547. The molecule has 0 unspecified atom stereocenters. The van der Waals surface area contributed by atoms with Crippen LogP contribution in [0.5, 0.6) is 0 Å². The van der Waals surface area contributed by atoms with E-state index in [0.29, 0.717) is 17.1 Å². The van der Waals surface area contributed by atoms with E-state index >= 15 is 0 Å². The molecule has 2 rings (SSSR count). The molecule has 0 spiro atoms. The molecule has 0 fully saturated rings. The molecule has 0 radical (unpaired) electrons. The number of rotatable bonds is 6.